The number of benzene rings is 2. The lowest BCUT2D eigenvalue weighted by molar-refractivity contribution is -0.123. The molecular weight excluding hydrogens is 578 g/mol. The molecule has 1 aliphatic heterocycles. The molecule has 2 aliphatic rings. The van der Waals surface area contributed by atoms with Crippen LogP contribution in [0.4, 0.5) is 5.69 Å². The number of hydrogen-bond donors (Lipinski definition) is 3. The number of methoxy groups -OCH3 is 3. The molecule has 45 heavy (non-hydrogen) atoms. The van der Waals surface area contributed by atoms with Crippen molar-refractivity contribution in [2.24, 2.45) is 5.92 Å². The van der Waals surface area contributed by atoms with Gasteiger partial charge in [0.25, 0.3) is 0 Å². The molecule has 0 saturated carbocycles. The second-order valence-electron chi connectivity index (χ2n) is 11.4. The quantitative estimate of drug-likeness (QED) is 0.304. The highest BCUT2D eigenvalue weighted by atomic mass is 16.7. The van der Waals surface area contributed by atoms with Gasteiger partial charge in [-0.1, -0.05) is 26.0 Å². The summed E-state index contributed by atoms with van der Waals surface area (Å²) in [6.45, 7) is 5.73. The van der Waals surface area contributed by atoms with E-state index in [-0.39, 0.29) is 42.2 Å². The Kier molecular flexibility index (Phi) is 9.36. The zero-order chi connectivity index (χ0) is 32.2. The van der Waals surface area contributed by atoms with Gasteiger partial charge in [-0.3, -0.25) is 14.4 Å². The van der Waals surface area contributed by atoms with Crippen molar-refractivity contribution in [3.8, 4) is 39.9 Å². The van der Waals surface area contributed by atoms with Gasteiger partial charge in [0.15, 0.2) is 23.0 Å². The second-order valence-corrected chi connectivity index (χ2v) is 11.4. The maximum absolute atomic E-state index is 13.8. The molecule has 0 spiro atoms. The Morgan fingerprint density at radius 2 is 1.71 bits per heavy atom. The highest BCUT2D eigenvalue weighted by Gasteiger charge is 2.30. The Morgan fingerprint density at radius 1 is 0.956 bits per heavy atom. The highest BCUT2D eigenvalue weighted by molar-refractivity contribution is 5.86. The maximum Gasteiger partial charge on any atom is 0.243 e. The fourth-order valence-electron chi connectivity index (χ4n) is 5.88. The molecule has 2 unspecified atom stereocenters. The van der Waals surface area contributed by atoms with Crippen LogP contribution in [0, 0.1) is 5.92 Å². The van der Waals surface area contributed by atoms with Crippen LogP contribution in [0.15, 0.2) is 47.3 Å². The average Bonchev–Trinajstić information content (AvgIpc) is 3.37. The summed E-state index contributed by atoms with van der Waals surface area (Å²) in [7, 11) is 4.65. The predicted octanol–water partition coefficient (Wildman–Crippen LogP) is 4.34. The van der Waals surface area contributed by atoms with E-state index in [1.807, 2.05) is 44.2 Å². The topological polar surface area (TPSA) is 133 Å². The average molecular weight is 618 g/mol. The lowest BCUT2D eigenvalue weighted by Gasteiger charge is -2.22. The molecule has 1 aliphatic carbocycles. The van der Waals surface area contributed by atoms with E-state index in [0.717, 1.165) is 16.7 Å². The third-order valence-corrected chi connectivity index (χ3v) is 8.08. The van der Waals surface area contributed by atoms with Crippen LogP contribution in [0.5, 0.6) is 28.7 Å². The van der Waals surface area contributed by atoms with Crippen molar-refractivity contribution in [1.29, 1.82) is 0 Å². The largest absolute Gasteiger partial charge is 0.493 e. The van der Waals surface area contributed by atoms with Gasteiger partial charge in [0.2, 0.25) is 29.8 Å². The van der Waals surface area contributed by atoms with Crippen LogP contribution in [0.1, 0.15) is 49.9 Å². The number of hydrogen-bond acceptors (Lipinski definition) is 9. The number of carbonyl (C=O) groups excluding carboxylic acids is 2. The molecule has 2 atom stereocenters. The summed E-state index contributed by atoms with van der Waals surface area (Å²) in [5, 5.41) is 9.18. The minimum absolute atomic E-state index is 0.144. The fourth-order valence-corrected chi connectivity index (χ4v) is 5.88. The fraction of sp³-hybridized carbons (Fsp3) is 0.382. The van der Waals surface area contributed by atoms with Crippen molar-refractivity contribution < 1.29 is 33.3 Å². The molecule has 11 nitrogen and oxygen atoms in total. The van der Waals surface area contributed by atoms with Crippen molar-refractivity contribution in [2.45, 2.75) is 52.2 Å². The van der Waals surface area contributed by atoms with Crippen LogP contribution in [-0.4, -0.2) is 46.0 Å². The molecule has 5 rings (SSSR count). The second kappa shape index (κ2) is 13.4. The van der Waals surface area contributed by atoms with Gasteiger partial charge in [0, 0.05) is 19.0 Å². The van der Waals surface area contributed by atoms with Crippen LogP contribution in [0.2, 0.25) is 0 Å². The number of anilines is 1. The number of carbonyl (C=O) groups is 2. The van der Waals surface area contributed by atoms with E-state index < -0.39 is 12.1 Å². The zero-order valence-corrected chi connectivity index (χ0v) is 26.4. The number of fused-ring (bicyclic) bond motifs is 4. The van der Waals surface area contributed by atoms with Gasteiger partial charge in [0.05, 0.1) is 33.1 Å². The minimum atomic E-state index is -0.703. The molecule has 3 aromatic rings. The van der Waals surface area contributed by atoms with Crippen LogP contribution in [0.3, 0.4) is 0 Å². The van der Waals surface area contributed by atoms with E-state index in [1.54, 1.807) is 20.3 Å². The lowest BCUT2D eigenvalue weighted by atomic mass is 9.95. The van der Waals surface area contributed by atoms with Gasteiger partial charge in [-0.15, -0.1) is 0 Å². The molecule has 0 bridgehead atoms. The van der Waals surface area contributed by atoms with Gasteiger partial charge in [0.1, 0.15) is 6.04 Å². The van der Waals surface area contributed by atoms with Gasteiger partial charge in [-0.05, 0) is 71.3 Å². The first kappa shape index (κ1) is 31.5. The number of rotatable bonds is 10. The van der Waals surface area contributed by atoms with Gasteiger partial charge in [-0.2, -0.15) is 0 Å². The number of amides is 2. The number of aryl methyl sites for hydroxylation is 1. The standard InChI is InChI=1S/C34H39N3O8/c1-18(2)31(34(40)35-16-20-7-12-27-28(13-20)45-17-44-27)37-25-11-9-22-23(15-26(25)39)24(36-19(3)38)10-8-21-14-29(41-4)32(42-5)33(43-6)30(21)22/h7,9,11-15,18,24,31H,8,10,16-17H2,1-6H3,(H,35,40)(H,36,38)(H,37,39). The molecular formula is C34H39N3O8. The zero-order valence-electron chi connectivity index (χ0n) is 26.4. The van der Waals surface area contributed by atoms with Crippen molar-refractivity contribution in [1.82, 2.24) is 10.6 Å². The Balaban J connectivity index is 1.52. The van der Waals surface area contributed by atoms with Gasteiger partial charge < -0.3 is 39.6 Å². The van der Waals surface area contributed by atoms with Crippen LogP contribution < -0.4 is 45.1 Å². The summed E-state index contributed by atoms with van der Waals surface area (Å²) in [4.78, 5) is 39.5. The molecule has 238 valence electrons. The monoisotopic (exact) mass is 617 g/mol. The molecule has 0 saturated heterocycles. The summed E-state index contributed by atoms with van der Waals surface area (Å²) < 4.78 is 27.9. The molecule has 2 amide bonds. The molecule has 0 fully saturated rings. The summed E-state index contributed by atoms with van der Waals surface area (Å²) in [5.41, 5.74) is 3.82. The number of nitrogens with one attached hydrogen (secondary N) is 3. The first-order valence-electron chi connectivity index (χ1n) is 14.9. The molecule has 11 heteroatoms. The maximum atomic E-state index is 13.8. The van der Waals surface area contributed by atoms with Crippen LogP contribution >= 0.6 is 0 Å². The summed E-state index contributed by atoms with van der Waals surface area (Å²) >= 11 is 0. The first-order valence-corrected chi connectivity index (χ1v) is 14.9. The Labute approximate surface area is 262 Å². The van der Waals surface area contributed by atoms with E-state index in [2.05, 4.69) is 16.0 Å². The SMILES string of the molecule is COc1cc2c(c(OC)c1OC)-c1ccc(NC(C(=O)NCc3ccc4c(c3)OCO4)C(C)C)c(=O)cc1C(NC(C)=O)CC2. The Hall–Kier alpha value is -4.93. The molecule has 0 radical (unpaired) electrons. The van der Waals surface area contributed by atoms with E-state index in [4.69, 9.17) is 23.7 Å². The first-order chi connectivity index (χ1) is 21.6. The van der Waals surface area contributed by atoms with E-state index >= 15 is 0 Å². The van der Waals surface area contributed by atoms with Gasteiger partial charge >= 0.3 is 0 Å². The third kappa shape index (κ3) is 6.47. The third-order valence-electron chi connectivity index (χ3n) is 8.08. The molecule has 1 heterocycles. The van der Waals surface area contributed by atoms with Crippen molar-refractivity contribution in [2.75, 3.05) is 33.4 Å². The van der Waals surface area contributed by atoms with E-state index in [0.29, 0.717) is 52.7 Å². The van der Waals surface area contributed by atoms with E-state index in [9.17, 15) is 14.4 Å². The van der Waals surface area contributed by atoms with Crippen LogP contribution in [0.25, 0.3) is 11.1 Å². The smallest absolute Gasteiger partial charge is 0.243 e. The van der Waals surface area contributed by atoms with Crippen LogP contribution in [-0.2, 0) is 22.6 Å². The lowest BCUT2D eigenvalue weighted by Crippen LogP contribution is -2.43. The Bertz CT molecular complexity index is 1670. The molecule has 3 aromatic carbocycles. The molecule has 0 aromatic heterocycles. The summed E-state index contributed by atoms with van der Waals surface area (Å²) in [6.07, 6.45) is 1.13. The summed E-state index contributed by atoms with van der Waals surface area (Å²) in [5.74, 6) is 2.11. The summed E-state index contributed by atoms with van der Waals surface area (Å²) in [6, 6.07) is 11.3. The highest BCUT2D eigenvalue weighted by Crippen LogP contribution is 2.50. The number of ether oxygens (including phenoxy) is 5. The van der Waals surface area contributed by atoms with Crippen molar-refractivity contribution in [3.63, 3.8) is 0 Å². The van der Waals surface area contributed by atoms with E-state index in [1.165, 1.54) is 20.1 Å². The minimum Gasteiger partial charge on any atom is -0.493 e. The normalized spacial score (nSPS) is 15.2. The van der Waals surface area contributed by atoms with Crippen molar-refractivity contribution >= 4 is 17.5 Å². The predicted molar refractivity (Wildman–Crippen MR) is 169 cm³/mol. The Morgan fingerprint density at radius 3 is 2.40 bits per heavy atom. The van der Waals surface area contributed by atoms with Crippen molar-refractivity contribution in [3.05, 3.63) is 69.4 Å². The molecule has 3 N–H and O–H groups in total. The van der Waals surface area contributed by atoms with Gasteiger partial charge in [-0.25, -0.2) is 0 Å².